The van der Waals surface area contributed by atoms with Crippen molar-refractivity contribution in [3.05, 3.63) is 42.0 Å². The molecule has 3 heteroatoms. The van der Waals surface area contributed by atoms with Gasteiger partial charge in [-0.15, -0.1) is 0 Å². The number of carbonyl (C=O) groups excluding carboxylic acids is 1. The van der Waals surface area contributed by atoms with E-state index in [2.05, 4.69) is 6.58 Å². The molecule has 0 aliphatic heterocycles. The van der Waals surface area contributed by atoms with Crippen molar-refractivity contribution < 1.29 is 14.3 Å². The zero-order valence-electron chi connectivity index (χ0n) is 10.7. The number of para-hydroxylation sites is 1. The third kappa shape index (κ3) is 3.09. The lowest BCUT2D eigenvalue weighted by Crippen LogP contribution is -2.26. The van der Waals surface area contributed by atoms with E-state index in [9.17, 15) is 4.79 Å². The van der Waals surface area contributed by atoms with Crippen LogP contribution in [0.3, 0.4) is 0 Å². The molecule has 0 N–H and O–H groups in total. The summed E-state index contributed by atoms with van der Waals surface area (Å²) in [6.07, 6.45) is 0. The molecule has 0 heterocycles. The number of ether oxygens (including phenoxy) is 2. The third-order valence-corrected chi connectivity index (χ3v) is 2.45. The van der Waals surface area contributed by atoms with Gasteiger partial charge in [0.05, 0.1) is 7.11 Å². The lowest BCUT2D eigenvalue weighted by Gasteiger charge is -2.27. The SMILES string of the molecule is C=C(C)C(=O)OC(C)(C)c1ccccc1OC. The molecule has 0 spiro atoms. The zero-order valence-corrected chi connectivity index (χ0v) is 10.7. The van der Waals surface area contributed by atoms with Gasteiger partial charge in [-0.2, -0.15) is 0 Å². The fourth-order valence-electron chi connectivity index (χ4n) is 1.52. The van der Waals surface area contributed by atoms with E-state index in [1.54, 1.807) is 14.0 Å². The van der Waals surface area contributed by atoms with E-state index in [1.807, 2.05) is 38.1 Å². The summed E-state index contributed by atoms with van der Waals surface area (Å²) in [6, 6.07) is 7.48. The van der Waals surface area contributed by atoms with Crippen molar-refractivity contribution in [3.63, 3.8) is 0 Å². The van der Waals surface area contributed by atoms with Crippen LogP contribution in [0.4, 0.5) is 0 Å². The van der Waals surface area contributed by atoms with Crippen LogP contribution in [-0.2, 0) is 15.1 Å². The van der Waals surface area contributed by atoms with Crippen molar-refractivity contribution in [2.24, 2.45) is 0 Å². The predicted octanol–water partition coefficient (Wildman–Crippen LogP) is 3.05. The van der Waals surface area contributed by atoms with Gasteiger partial charge in [-0.3, -0.25) is 0 Å². The van der Waals surface area contributed by atoms with E-state index < -0.39 is 11.6 Å². The topological polar surface area (TPSA) is 35.5 Å². The average Bonchev–Trinajstić information content (AvgIpc) is 2.28. The molecule has 92 valence electrons. The molecule has 0 aliphatic carbocycles. The number of benzene rings is 1. The molecule has 0 saturated heterocycles. The second-order valence-corrected chi connectivity index (χ2v) is 4.38. The molecule has 0 bridgehead atoms. The maximum Gasteiger partial charge on any atom is 0.333 e. The number of carbonyl (C=O) groups is 1. The Morgan fingerprint density at radius 3 is 2.41 bits per heavy atom. The zero-order chi connectivity index (χ0) is 13.1. The summed E-state index contributed by atoms with van der Waals surface area (Å²) in [5, 5.41) is 0. The Morgan fingerprint density at radius 1 is 1.29 bits per heavy atom. The van der Waals surface area contributed by atoms with Crippen LogP contribution in [0.15, 0.2) is 36.4 Å². The Hall–Kier alpha value is -1.77. The summed E-state index contributed by atoms with van der Waals surface area (Å²) in [5.74, 6) is 0.299. The Morgan fingerprint density at radius 2 is 1.88 bits per heavy atom. The predicted molar refractivity (Wildman–Crippen MR) is 66.9 cm³/mol. The van der Waals surface area contributed by atoms with Crippen molar-refractivity contribution in [1.29, 1.82) is 0 Å². The molecular weight excluding hydrogens is 216 g/mol. The Bertz CT molecular complexity index is 433. The monoisotopic (exact) mass is 234 g/mol. The quantitative estimate of drug-likeness (QED) is 0.593. The number of esters is 1. The highest BCUT2D eigenvalue weighted by atomic mass is 16.6. The fraction of sp³-hybridized carbons (Fsp3) is 0.357. The van der Waals surface area contributed by atoms with Gasteiger partial charge >= 0.3 is 5.97 Å². The molecule has 1 aromatic rings. The summed E-state index contributed by atoms with van der Waals surface area (Å²) in [4.78, 5) is 11.6. The van der Waals surface area contributed by atoms with Gasteiger partial charge in [-0.05, 0) is 26.8 Å². The molecule has 0 atom stereocenters. The van der Waals surface area contributed by atoms with Gasteiger partial charge in [0.25, 0.3) is 0 Å². The first-order valence-corrected chi connectivity index (χ1v) is 5.41. The first kappa shape index (κ1) is 13.3. The van der Waals surface area contributed by atoms with E-state index in [4.69, 9.17) is 9.47 Å². The summed E-state index contributed by atoms with van der Waals surface area (Å²) in [7, 11) is 1.59. The second kappa shape index (κ2) is 5.04. The first-order chi connectivity index (χ1) is 7.88. The van der Waals surface area contributed by atoms with Gasteiger partial charge in [0.15, 0.2) is 0 Å². The van der Waals surface area contributed by atoms with Crippen molar-refractivity contribution >= 4 is 5.97 Å². The van der Waals surface area contributed by atoms with Crippen LogP contribution < -0.4 is 4.74 Å². The van der Waals surface area contributed by atoms with Crippen molar-refractivity contribution in [2.75, 3.05) is 7.11 Å². The lowest BCUT2D eigenvalue weighted by atomic mass is 9.97. The molecule has 0 saturated carbocycles. The van der Waals surface area contributed by atoms with Gasteiger partial charge in [-0.1, -0.05) is 24.8 Å². The first-order valence-electron chi connectivity index (χ1n) is 5.41. The van der Waals surface area contributed by atoms with Gasteiger partial charge in [0.1, 0.15) is 11.4 Å². The van der Waals surface area contributed by atoms with Gasteiger partial charge in [0.2, 0.25) is 0 Å². The van der Waals surface area contributed by atoms with Crippen LogP contribution in [0, 0.1) is 0 Å². The van der Waals surface area contributed by atoms with Gasteiger partial charge in [0, 0.05) is 11.1 Å². The number of rotatable bonds is 4. The third-order valence-electron chi connectivity index (χ3n) is 2.45. The molecule has 0 unspecified atom stereocenters. The standard InChI is InChI=1S/C14H18O3/c1-10(2)13(15)17-14(3,4)11-8-6-7-9-12(11)16-5/h6-9H,1H2,2-5H3. The van der Waals surface area contributed by atoms with Crippen molar-refractivity contribution in [1.82, 2.24) is 0 Å². The van der Waals surface area contributed by atoms with E-state index in [1.165, 1.54) is 0 Å². The smallest absolute Gasteiger partial charge is 0.333 e. The van der Waals surface area contributed by atoms with E-state index in [0.29, 0.717) is 11.3 Å². The molecule has 0 fully saturated rings. The van der Waals surface area contributed by atoms with Crippen molar-refractivity contribution in [2.45, 2.75) is 26.4 Å². The minimum Gasteiger partial charge on any atom is -0.496 e. The van der Waals surface area contributed by atoms with E-state index in [-0.39, 0.29) is 0 Å². The average molecular weight is 234 g/mol. The highest BCUT2D eigenvalue weighted by molar-refractivity contribution is 5.87. The molecule has 1 rings (SSSR count). The Labute approximate surface area is 102 Å². The van der Waals surface area contributed by atoms with Crippen LogP contribution >= 0.6 is 0 Å². The molecule has 3 nitrogen and oxygen atoms in total. The van der Waals surface area contributed by atoms with E-state index in [0.717, 1.165) is 5.56 Å². The minimum atomic E-state index is -0.747. The van der Waals surface area contributed by atoms with Crippen LogP contribution in [0.2, 0.25) is 0 Å². The molecule has 1 aromatic carbocycles. The molecule has 0 amide bonds. The highest BCUT2D eigenvalue weighted by Gasteiger charge is 2.28. The van der Waals surface area contributed by atoms with Crippen LogP contribution in [0.1, 0.15) is 26.3 Å². The summed E-state index contributed by atoms with van der Waals surface area (Å²) >= 11 is 0. The van der Waals surface area contributed by atoms with Gasteiger partial charge < -0.3 is 9.47 Å². The largest absolute Gasteiger partial charge is 0.496 e. The number of hydrogen-bond donors (Lipinski definition) is 0. The number of hydrogen-bond acceptors (Lipinski definition) is 3. The van der Waals surface area contributed by atoms with E-state index >= 15 is 0 Å². The van der Waals surface area contributed by atoms with Gasteiger partial charge in [-0.25, -0.2) is 4.79 Å². The maximum atomic E-state index is 11.6. The fourth-order valence-corrected chi connectivity index (χ4v) is 1.52. The van der Waals surface area contributed by atoms with Crippen LogP contribution in [0.25, 0.3) is 0 Å². The lowest BCUT2D eigenvalue weighted by molar-refractivity contribution is -0.152. The number of methoxy groups -OCH3 is 1. The molecular formula is C14H18O3. The van der Waals surface area contributed by atoms with Crippen molar-refractivity contribution in [3.8, 4) is 5.75 Å². The molecule has 0 aliphatic rings. The maximum absolute atomic E-state index is 11.6. The second-order valence-electron chi connectivity index (χ2n) is 4.38. The summed E-state index contributed by atoms with van der Waals surface area (Å²) < 4.78 is 10.7. The summed E-state index contributed by atoms with van der Waals surface area (Å²) in [5.41, 5.74) is 0.466. The van der Waals surface area contributed by atoms with Crippen LogP contribution in [-0.4, -0.2) is 13.1 Å². The highest BCUT2D eigenvalue weighted by Crippen LogP contribution is 2.32. The summed E-state index contributed by atoms with van der Waals surface area (Å²) in [6.45, 7) is 8.85. The van der Waals surface area contributed by atoms with Crippen LogP contribution in [0.5, 0.6) is 5.75 Å². The molecule has 0 aromatic heterocycles. The minimum absolute atomic E-state index is 0.382. The Balaban J connectivity index is 3.04. The molecule has 17 heavy (non-hydrogen) atoms. The molecule has 0 radical (unpaired) electrons. The Kier molecular flexibility index (Phi) is 3.94. The normalized spacial score (nSPS) is 10.8.